The van der Waals surface area contributed by atoms with Crippen molar-refractivity contribution in [2.24, 2.45) is 4.99 Å². The highest BCUT2D eigenvalue weighted by Gasteiger charge is 2.45. The largest absolute Gasteiger partial charge is 0.465 e. The second kappa shape index (κ2) is 9.79. The molecule has 1 aliphatic heterocycles. The average Bonchev–Trinajstić information content (AvgIpc) is 2.72. The number of methoxy groups -OCH3 is 2. The van der Waals surface area contributed by atoms with Gasteiger partial charge in [-0.2, -0.15) is 0 Å². The van der Waals surface area contributed by atoms with Gasteiger partial charge in [0.05, 0.1) is 33.0 Å². The molecule has 0 aliphatic carbocycles. The number of ether oxygens (including phenoxy) is 2. The van der Waals surface area contributed by atoms with E-state index in [1.165, 1.54) is 14.2 Å². The highest BCUT2D eigenvalue weighted by molar-refractivity contribution is 7.54. The van der Waals surface area contributed by atoms with Crippen LogP contribution in [-0.4, -0.2) is 51.0 Å². The first-order valence-corrected chi connectivity index (χ1v) is 10.3. The lowest BCUT2D eigenvalue weighted by molar-refractivity contribution is -0.133. The Hall–Kier alpha value is -2.26. The van der Waals surface area contributed by atoms with Crippen molar-refractivity contribution in [1.82, 2.24) is 10.9 Å². The number of esters is 2. The van der Waals surface area contributed by atoms with Gasteiger partial charge in [-0.15, -0.1) is 0 Å². The number of carbonyl (C=O) groups is 2. The van der Waals surface area contributed by atoms with E-state index in [2.05, 4.69) is 25.3 Å². The van der Waals surface area contributed by atoms with Crippen LogP contribution in [0.15, 0.2) is 29.3 Å². The maximum absolute atomic E-state index is 13.3. The number of rotatable bonds is 8. The maximum atomic E-state index is 13.3. The number of hydrogen-bond donors (Lipinski definition) is 2. The van der Waals surface area contributed by atoms with Gasteiger partial charge in [-0.25, -0.2) is 15.0 Å². The number of hydrogen-bond acceptors (Lipinski definition) is 10. The molecule has 0 aromatic heterocycles. The Balaban J connectivity index is 2.48. The van der Waals surface area contributed by atoms with Crippen molar-refractivity contribution in [3.8, 4) is 0 Å². The normalized spacial score (nSPS) is 19.4. The standard InChI is InChI=1S/C17H24N3O7P/c1-5-26-28(23,27-6-2)15-13(18-14(19-20-15)17(22)25-4)11-7-9-12(10-8-11)16(21)24-3/h7-10,13,15,20H,5-6H2,1-4H3,(H,18,19)/t13-,15-/m0/s1. The van der Waals surface area contributed by atoms with Crippen LogP contribution in [0, 0.1) is 0 Å². The fourth-order valence-corrected chi connectivity index (χ4v) is 4.59. The minimum Gasteiger partial charge on any atom is -0.465 e. The minimum absolute atomic E-state index is 0.0830. The zero-order valence-corrected chi connectivity index (χ0v) is 17.0. The van der Waals surface area contributed by atoms with E-state index in [0.29, 0.717) is 11.1 Å². The Morgan fingerprint density at radius 3 is 2.11 bits per heavy atom. The lowest BCUT2D eigenvalue weighted by Gasteiger charge is -2.34. The van der Waals surface area contributed by atoms with Gasteiger partial charge >= 0.3 is 19.5 Å². The molecule has 0 unspecified atom stereocenters. The van der Waals surface area contributed by atoms with Crippen LogP contribution >= 0.6 is 7.60 Å². The molecule has 0 spiro atoms. The minimum atomic E-state index is -3.64. The first kappa shape index (κ1) is 22.0. The summed E-state index contributed by atoms with van der Waals surface area (Å²) in [6, 6.07) is 5.58. The van der Waals surface area contributed by atoms with E-state index in [1.807, 2.05) is 0 Å². The molecule has 28 heavy (non-hydrogen) atoms. The van der Waals surface area contributed by atoms with Gasteiger partial charge in [0.1, 0.15) is 6.04 Å². The molecule has 2 N–H and O–H groups in total. The van der Waals surface area contributed by atoms with E-state index >= 15 is 0 Å². The first-order valence-electron chi connectivity index (χ1n) is 8.64. The molecule has 0 saturated carbocycles. The van der Waals surface area contributed by atoms with Crippen molar-refractivity contribution in [1.29, 1.82) is 0 Å². The van der Waals surface area contributed by atoms with E-state index in [4.69, 9.17) is 9.05 Å². The average molecular weight is 413 g/mol. The highest BCUT2D eigenvalue weighted by atomic mass is 31.2. The highest BCUT2D eigenvalue weighted by Crippen LogP contribution is 2.56. The van der Waals surface area contributed by atoms with E-state index < -0.39 is 31.4 Å². The third-order valence-electron chi connectivity index (χ3n) is 3.92. The molecule has 0 amide bonds. The second-order valence-electron chi connectivity index (χ2n) is 5.62. The molecule has 1 heterocycles. The Morgan fingerprint density at radius 2 is 1.61 bits per heavy atom. The van der Waals surface area contributed by atoms with Gasteiger partial charge in [0, 0.05) is 0 Å². The van der Waals surface area contributed by atoms with Crippen molar-refractivity contribution >= 4 is 25.4 Å². The van der Waals surface area contributed by atoms with Crippen LogP contribution in [-0.2, 0) is 27.9 Å². The van der Waals surface area contributed by atoms with Crippen LogP contribution in [0.4, 0.5) is 0 Å². The van der Waals surface area contributed by atoms with Crippen molar-refractivity contribution in [2.75, 3.05) is 27.4 Å². The maximum Gasteiger partial charge on any atom is 0.374 e. The number of nitrogens with zero attached hydrogens (tertiary/aromatic N) is 1. The predicted molar refractivity (Wildman–Crippen MR) is 101 cm³/mol. The molecule has 0 bridgehead atoms. The molecule has 0 radical (unpaired) electrons. The first-order chi connectivity index (χ1) is 13.4. The molecule has 10 nitrogen and oxygen atoms in total. The number of benzene rings is 1. The summed E-state index contributed by atoms with van der Waals surface area (Å²) >= 11 is 0. The number of amidine groups is 1. The molecular formula is C17H24N3O7P. The van der Waals surface area contributed by atoms with Gasteiger partial charge in [0.15, 0.2) is 5.78 Å². The third kappa shape index (κ3) is 4.77. The van der Waals surface area contributed by atoms with Crippen molar-refractivity contribution in [3.63, 3.8) is 0 Å². The number of hydrazine groups is 1. The summed E-state index contributed by atoms with van der Waals surface area (Å²) < 4.78 is 33.6. The summed E-state index contributed by atoms with van der Waals surface area (Å²) in [4.78, 5) is 27.9. The molecule has 2 rings (SSSR count). The molecule has 154 valence electrons. The van der Waals surface area contributed by atoms with Gasteiger partial charge in [-0.1, -0.05) is 12.1 Å². The van der Waals surface area contributed by atoms with Gasteiger partial charge in [0.2, 0.25) is 5.84 Å². The number of carbonyl (C=O) groups excluding carboxylic acids is 2. The van der Waals surface area contributed by atoms with Gasteiger partial charge in [-0.3, -0.25) is 15.0 Å². The quantitative estimate of drug-likeness (QED) is 0.485. The molecule has 1 aliphatic rings. The molecular weight excluding hydrogens is 389 g/mol. The third-order valence-corrected chi connectivity index (χ3v) is 6.25. The molecule has 0 fully saturated rings. The molecule has 1 aromatic carbocycles. The van der Waals surface area contributed by atoms with Crippen LogP contribution in [0.1, 0.15) is 35.8 Å². The zero-order valence-electron chi connectivity index (χ0n) is 16.1. The van der Waals surface area contributed by atoms with Crippen LogP contribution < -0.4 is 10.9 Å². The van der Waals surface area contributed by atoms with E-state index in [0.717, 1.165) is 0 Å². The Morgan fingerprint density at radius 1 is 1.04 bits per heavy atom. The predicted octanol–water partition coefficient (Wildman–Crippen LogP) is 1.79. The van der Waals surface area contributed by atoms with Crippen LogP contribution in [0.3, 0.4) is 0 Å². The molecule has 2 atom stereocenters. The summed E-state index contributed by atoms with van der Waals surface area (Å²) in [5, 5.41) is 0. The zero-order chi connectivity index (χ0) is 20.7. The summed E-state index contributed by atoms with van der Waals surface area (Å²) in [5.41, 5.74) is 6.34. The fraction of sp³-hybridized carbons (Fsp3) is 0.471. The van der Waals surface area contributed by atoms with Crippen molar-refractivity contribution < 1.29 is 32.7 Å². The lowest BCUT2D eigenvalue weighted by atomic mass is 10.0. The molecule has 1 aromatic rings. The number of aliphatic imine (C=N–C) groups is 1. The summed E-state index contributed by atoms with van der Waals surface area (Å²) in [7, 11) is -1.13. The molecule has 0 saturated heterocycles. The van der Waals surface area contributed by atoms with Gasteiger partial charge in [-0.05, 0) is 31.5 Å². The van der Waals surface area contributed by atoms with Crippen LogP contribution in [0.25, 0.3) is 0 Å². The monoisotopic (exact) mass is 413 g/mol. The van der Waals surface area contributed by atoms with E-state index in [1.54, 1.807) is 38.1 Å². The lowest BCUT2D eigenvalue weighted by Crippen LogP contribution is -2.53. The summed E-state index contributed by atoms with van der Waals surface area (Å²) in [6.45, 7) is 3.73. The smallest absolute Gasteiger partial charge is 0.374 e. The Bertz CT molecular complexity index is 771. The topological polar surface area (TPSA) is 125 Å². The van der Waals surface area contributed by atoms with Gasteiger partial charge in [0.25, 0.3) is 0 Å². The van der Waals surface area contributed by atoms with Gasteiger partial charge < -0.3 is 18.5 Å². The summed E-state index contributed by atoms with van der Waals surface area (Å²) in [5.74, 6) is -2.17. The van der Waals surface area contributed by atoms with E-state index in [9.17, 15) is 14.2 Å². The van der Waals surface area contributed by atoms with Crippen LogP contribution in [0.5, 0.6) is 0 Å². The SMILES string of the molecule is CCOP(=O)(OCC)[C@@H]1NNC(C(=O)OC)=N[C@H]1c1ccc(C(=O)OC)cc1. The Kier molecular flexibility index (Phi) is 7.70. The number of nitrogens with one attached hydrogen (secondary N) is 2. The van der Waals surface area contributed by atoms with E-state index in [-0.39, 0.29) is 19.0 Å². The van der Waals surface area contributed by atoms with Crippen molar-refractivity contribution in [2.45, 2.75) is 25.7 Å². The fourth-order valence-electron chi connectivity index (χ4n) is 2.66. The van der Waals surface area contributed by atoms with Crippen molar-refractivity contribution in [3.05, 3.63) is 35.4 Å². The Labute approximate surface area is 163 Å². The van der Waals surface area contributed by atoms with Crippen LogP contribution in [0.2, 0.25) is 0 Å². The second-order valence-corrected chi connectivity index (χ2v) is 7.77. The summed E-state index contributed by atoms with van der Waals surface area (Å²) in [6.07, 6.45) is 0. The molecule has 11 heteroatoms.